The second-order valence-corrected chi connectivity index (χ2v) is 7.98. The van der Waals surface area contributed by atoms with E-state index in [9.17, 15) is 4.79 Å². The average Bonchev–Trinajstić information content (AvgIpc) is 3.17. The van der Waals surface area contributed by atoms with Crippen molar-refractivity contribution < 1.29 is 4.79 Å². The molecule has 0 saturated heterocycles. The van der Waals surface area contributed by atoms with E-state index in [1.54, 1.807) is 27.9 Å². The van der Waals surface area contributed by atoms with Crippen LogP contribution in [0.15, 0.2) is 65.8 Å². The van der Waals surface area contributed by atoms with E-state index in [4.69, 9.17) is 23.2 Å². The van der Waals surface area contributed by atoms with Crippen molar-refractivity contribution in [3.05, 3.63) is 82.0 Å². The van der Waals surface area contributed by atoms with Crippen LogP contribution >= 0.6 is 23.2 Å². The molecule has 2 atom stereocenters. The van der Waals surface area contributed by atoms with Gasteiger partial charge in [0, 0.05) is 25.4 Å². The van der Waals surface area contributed by atoms with Gasteiger partial charge in [-0.2, -0.15) is 5.10 Å². The molecule has 0 N–H and O–H groups in total. The summed E-state index contributed by atoms with van der Waals surface area (Å²) in [6.07, 6.45) is 1.69. The third-order valence-electron chi connectivity index (χ3n) is 5.16. The topological polar surface area (TPSA) is 50.5 Å². The first-order chi connectivity index (χ1) is 14.0. The van der Waals surface area contributed by atoms with E-state index in [0.29, 0.717) is 22.4 Å². The van der Waals surface area contributed by atoms with Crippen LogP contribution in [0, 0.1) is 5.92 Å². The SMILES string of the molecule is CC1=Nc2ccnn2C(c2ccc(Cl)c(Cl)c2)C1C(=O)N(C)Cc1ccccc1. The number of benzene rings is 2. The summed E-state index contributed by atoms with van der Waals surface area (Å²) in [5.41, 5.74) is 2.68. The number of nitrogens with zero attached hydrogens (tertiary/aromatic N) is 4. The summed E-state index contributed by atoms with van der Waals surface area (Å²) in [4.78, 5) is 19.9. The molecule has 1 amide bonds. The predicted octanol–water partition coefficient (Wildman–Crippen LogP) is 5.16. The molecule has 1 aliphatic rings. The molecule has 0 bridgehead atoms. The maximum Gasteiger partial charge on any atom is 0.233 e. The molecule has 0 saturated carbocycles. The van der Waals surface area contributed by atoms with Gasteiger partial charge in [0.1, 0.15) is 5.92 Å². The number of fused-ring (bicyclic) bond motifs is 1. The van der Waals surface area contributed by atoms with E-state index < -0.39 is 5.92 Å². The molecule has 0 aliphatic carbocycles. The van der Waals surface area contributed by atoms with Crippen LogP contribution < -0.4 is 0 Å². The Balaban J connectivity index is 1.72. The fourth-order valence-electron chi connectivity index (χ4n) is 3.75. The number of carbonyl (C=O) groups is 1. The van der Waals surface area contributed by atoms with Crippen LogP contribution in [0.1, 0.15) is 24.1 Å². The quantitative estimate of drug-likeness (QED) is 0.578. The monoisotopic (exact) mass is 426 g/mol. The van der Waals surface area contributed by atoms with Gasteiger partial charge in [0.15, 0.2) is 5.82 Å². The van der Waals surface area contributed by atoms with Crippen molar-refractivity contribution in [2.45, 2.75) is 19.5 Å². The van der Waals surface area contributed by atoms with Crippen molar-refractivity contribution in [2.75, 3.05) is 7.05 Å². The van der Waals surface area contributed by atoms with Crippen LogP contribution in [0.2, 0.25) is 10.0 Å². The normalized spacial score (nSPS) is 18.1. The molecule has 0 fully saturated rings. The number of carbonyl (C=O) groups excluding carboxylic acids is 1. The molecule has 7 heteroatoms. The maximum atomic E-state index is 13.5. The van der Waals surface area contributed by atoms with Gasteiger partial charge in [0.05, 0.1) is 22.3 Å². The largest absolute Gasteiger partial charge is 0.341 e. The number of hydrogen-bond acceptors (Lipinski definition) is 3. The lowest BCUT2D eigenvalue weighted by Gasteiger charge is -2.33. The average molecular weight is 427 g/mol. The predicted molar refractivity (Wildman–Crippen MR) is 116 cm³/mol. The highest BCUT2D eigenvalue weighted by Gasteiger charge is 2.39. The summed E-state index contributed by atoms with van der Waals surface area (Å²) < 4.78 is 1.78. The van der Waals surface area contributed by atoms with E-state index in [2.05, 4.69) is 10.1 Å². The van der Waals surface area contributed by atoms with Crippen molar-refractivity contribution >= 4 is 40.6 Å². The minimum atomic E-state index is -0.492. The van der Waals surface area contributed by atoms with Crippen LogP contribution in [-0.2, 0) is 11.3 Å². The highest BCUT2D eigenvalue weighted by molar-refractivity contribution is 6.42. The van der Waals surface area contributed by atoms with Gasteiger partial charge in [-0.25, -0.2) is 9.67 Å². The second kappa shape index (κ2) is 8.01. The second-order valence-electron chi connectivity index (χ2n) is 7.16. The molecule has 0 spiro atoms. The molecule has 1 aromatic heterocycles. The van der Waals surface area contributed by atoms with Crippen molar-refractivity contribution in [1.82, 2.24) is 14.7 Å². The van der Waals surface area contributed by atoms with Crippen LogP contribution in [0.4, 0.5) is 5.82 Å². The highest BCUT2D eigenvalue weighted by Crippen LogP contribution is 2.38. The Morgan fingerprint density at radius 2 is 1.86 bits per heavy atom. The lowest BCUT2D eigenvalue weighted by Crippen LogP contribution is -2.42. The minimum absolute atomic E-state index is 0.0210. The van der Waals surface area contributed by atoms with Gasteiger partial charge < -0.3 is 4.90 Å². The van der Waals surface area contributed by atoms with E-state index in [-0.39, 0.29) is 11.9 Å². The van der Waals surface area contributed by atoms with Crippen molar-refractivity contribution in [3.8, 4) is 0 Å². The molecular formula is C22H20Cl2N4O. The Hall–Kier alpha value is -2.63. The standard InChI is InChI=1S/C22H20Cl2N4O/c1-14-20(22(29)27(2)13-15-6-4-3-5-7-15)21(28-19(26-14)10-11-25-28)16-8-9-17(23)18(24)12-16/h3-12,20-21H,13H2,1-2H3. The fourth-order valence-corrected chi connectivity index (χ4v) is 4.05. The molecule has 3 aromatic rings. The zero-order valence-corrected chi connectivity index (χ0v) is 17.6. The number of amides is 1. The van der Waals surface area contributed by atoms with E-state index in [0.717, 1.165) is 16.8 Å². The van der Waals surface area contributed by atoms with Gasteiger partial charge in [-0.3, -0.25) is 4.79 Å². The maximum absolute atomic E-state index is 13.5. The molecule has 148 valence electrons. The molecule has 2 aromatic carbocycles. The lowest BCUT2D eigenvalue weighted by molar-refractivity contribution is -0.133. The Bertz CT molecular complexity index is 1080. The highest BCUT2D eigenvalue weighted by atomic mass is 35.5. The minimum Gasteiger partial charge on any atom is -0.341 e. The first kappa shape index (κ1) is 19.7. The van der Waals surface area contributed by atoms with Gasteiger partial charge in [-0.15, -0.1) is 0 Å². The Morgan fingerprint density at radius 1 is 1.10 bits per heavy atom. The van der Waals surface area contributed by atoms with Gasteiger partial charge in [0.25, 0.3) is 0 Å². The first-order valence-corrected chi connectivity index (χ1v) is 10.0. The third-order valence-corrected chi connectivity index (χ3v) is 5.90. The number of aromatic nitrogens is 2. The Labute approximate surface area is 179 Å². The lowest BCUT2D eigenvalue weighted by atomic mass is 9.87. The molecule has 2 heterocycles. The molecule has 2 unspecified atom stereocenters. The van der Waals surface area contributed by atoms with Crippen LogP contribution in [-0.4, -0.2) is 33.3 Å². The molecule has 4 rings (SSSR count). The molecular weight excluding hydrogens is 407 g/mol. The Kier molecular flexibility index (Phi) is 5.43. The van der Waals surface area contributed by atoms with Gasteiger partial charge in [-0.1, -0.05) is 59.6 Å². The van der Waals surface area contributed by atoms with Crippen LogP contribution in [0.5, 0.6) is 0 Å². The van der Waals surface area contributed by atoms with Crippen LogP contribution in [0.25, 0.3) is 0 Å². The van der Waals surface area contributed by atoms with E-state index in [1.807, 2.05) is 56.4 Å². The molecule has 5 nitrogen and oxygen atoms in total. The summed E-state index contributed by atoms with van der Waals surface area (Å²) in [7, 11) is 1.81. The van der Waals surface area contributed by atoms with Crippen molar-refractivity contribution in [3.63, 3.8) is 0 Å². The van der Waals surface area contributed by atoms with Crippen molar-refractivity contribution in [2.24, 2.45) is 10.9 Å². The van der Waals surface area contributed by atoms with Crippen molar-refractivity contribution in [1.29, 1.82) is 0 Å². The number of hydrogen-bond donors (Lipinski definition) is 0. The summed E-state index contributed by atoms with van der Waals surface area (Å²) in [6.45, 7) is 2.41. The number of halogens is 2. The smallest absolute Gasteiger partial charge is 0.233 e. The number of rotatable bonds is 4. The van der Waals surface area contributed by atoms with E-state index in [1.165, 1.54) is 0 Å². The zero-order valence-electron chi connectivity index (χ0n) is 16.1. The third kappa shape index (κ3) is 3.80. The Morgan fingerprint density at radius 3 is 2.59 bits per heavy atom. The summed E-state index contributed by atoms with van der Waals surface area (Å²) in [6, 6.07) is 16.8. The zero-order chi connectivity index (χ0) is 20.5. The molecule has 1 aliphatic heterocycles. The summed E-state index contributed by atoms with van der Waals surface area (Å²) >= 11 is 12.4. The summed E-state index contributed by atoms with van der Waals surface area (Å²) in [5.74, 6) is 0.203. The van der Waals surface area contributed by atoms with Gasteiger partial charge in [0.2, 0.25) is 5.91 Å². The molecule has 0 radical (unpaired) electrons. The fraction of sp³-hybridized carbons (Fsp3) is 0.227. The van der Waals surface area contributed by atoms with E-state index >= 15 is 0 Å². The number of aliphatic imine (C=N–C) groups is 1. The first-order valence-electron chi connectivity index (χ1n) is 9.28. The summed E-state index contributed by atoms with van der Waals surface area (Å²) in [5, 5.41) is 5.36. The van der Waals surface area contributed by atoms with Gasteiger partial charge >= 0.3 is 0 Å². The molecule has 29 heavy (non-hydrogen) atoms. The van der Waals surface area contributed by atoms with Gasteiger partial charge in [-0.05, 0) is 30.2 Å². The van der Waals surface area contributed by atoms with Crippen LogP contribution in [0.3, 0.4) is 0 Å².